The summed E-state index contributed by atoms with van der Waals surface area (Å²) in [5.41, 5.74) is 2.73. The van der Waals surface area contributed by atoms with E-state index >= 15 is 0 Å². The van der Waals surface area contributed by atoms with Crippen molar-refractivity contribution in [1.29, 1.82) is 0 Å². The van der Waals surface area contributed by atoms with Gasteiger partial charge in [-0.15, -0.1) is 0 Å². The van der Waals surface area contributed by atoms with Crippen LogP contribution >= 0.6 is 15.9 Å². The molecule has 2 aliphatic rings. The van der Waals surface area contributed by atoms with Crippen LogP contribution in [-0.2, 0) is 16.0 Å². The molecule has 3 rings (SSSR count). The molecule has 0 radical (unpaired) electrons. The van der Waals surface area contributed by atoms with Crippen LogP contribution in [0.2, 0.25) is 0 Å². The van der Waals surface area contributed by atoms with Gasteiger partial charge in [-0.05, 0) is 23.8 Å². The van der Waals surface area contributed by atoms with Gasteiger partial charge in [-0.1, -0.05) is 15.9 Å². The Bertz CT molecular complexity index is 457. The molecule has 0 aromatic heterocycles. The molecule has 0 saturated carbocycles. The van der Waals surface area contributed by atoms with E-state index in [9.17, 15) is 0 Å². The van der Waals surface area contributed by atoms with Gasteiger partial charge in [0.05, 0.1) is 19.3 Å². The van der Waals surface area contributed by atoms with Crippen molar-refractivity contribution in [3.8, 4) is 0 Å². The van der Waals surface area contributed by atoms with Gasteiger partial charge in [0.15, 0.2) is 0 Å². The second-order valence-corrected chi connectivity index (χ2v) is 6.34. The first kappa shape index (κ1) is 14.3. The predicted octanol–water partition coefficient (Wildman–Crippen LogP) is 2.12. The average Bonchev–Trinajstić information content (AvgIpc) is 2.43. The second-order valence-electron chi connectivity index (χ2n) is 5.42. The van der Waals surface area contributed by atoms with Crippen LogP contribution < -0.4 is 4.90 Å². The van der Waals surface area contributed by atoms with Crippen molar-refractivity contribution < 1.29 is 9.47 Å². The Morgan fingerprint density at radius 3 is 2.75 bits per heavy atom. The summed E-state index contributed by atoms with van der Waals surface area (Å²) in [6.07, 6.45) is 0.411. The van der Waals surface area contributed by atoms with Gasteiger partial charge in [-0.2, -0.15) is 0 Å². The zero-order valence-corrected chi connectivity index (χ0v) is 13.4. The van der Waals surface area contributed by atoms with Gasteiger partial charge in [-0.3, -0.25) is 4.90 Å². The first-order valence-corrected chi connectivity index (χ1v) is 7.92. The first-order chi connectivity index (χ1) is 9.76. The number of likely N-dealkylation sites (tertiary alicyclic amines) is 1. The highest BCUT2D eigenvalue weighted by atomic mass is 79.9. The fourth-order valence-corrected chi connectivity index (χ4v) is 3.24. The molecule has 5 heteroatoms. The van der Waals surface area contributed by atoms with Gasteiger partial charge in [0.1, 0.15) is 0 Å². The molecule has 0 N–H and O–H groups in total. The SMILES string of the molecule is COC1CN(Cc2cc(Br)ccc2N2CCOCC2)C1. The number of morpholine rings is 1. The molecule has 0 spiro atoms. The van der Waals surface area contributed by atoms with E-state index in [0.717, 1.165) is 50.4 Å². The van der Waals surface area contributed by atoms with Crippen LogP contribution in [0.15, 0.2) is 22.7 Å². The third-order valence-corrected chi connectivity index (χ3v) is 4.54. The summed E-state index contributed by atoms with van der Waals surface area (Å²) in [6, 6.07) is 6.59. The quantitative estimate of drug-likeness (QED) is 0.838. The number of halogens is 1. The van der Waals surface area contributed by atoms with Crippen LogP contribution in [0.3, 0.4) is 0 Å². The van der Waals surface area contributed by atoms with Crippen LogP contribution in [0.25, 0.3) is 0 Å². The van der Waals surface area contributed by atoms with Gasteiger partial charge in [0.2, 0.25) is 0 Å². The lowest BCUT2D eigenvalue weighted by molar-refractivity contribution is -0.0333. The Labute approximate surface area is 128 Å². The second kappa shape index (κ2) is 6.43. The maximum absolute atomic E-state index is 5.45. The zero-order chi connectivity index (χ0) is 13.9. The van der Waals surface area contributed by atoms with Gasteiger partial charge >= 0.3 is 0 Å². The Morgan fingerprint density at radius 1 is 1.30 bits per heavy atom. The molecular weight excluding hydrogens is 320 g/mol. The van der Waals surface area contributed by atoms with E-state index in [0.29, 0.717) is 6.10 Å². The standard InChI is InChI=1S/C15H21BrN2O2/c1-19-14-10-17(11-14)9-12-8-13(16)2-3-15(12)18-4-6-20-7-5-18/h2-3,8,14H,4-7,9-11H2,1H3. The number of ether oxygens (including phenoxy) is 2. The third kappa shape index (κ3) is 3.17. The van der Waals surface area contributed by atoms with Gasteiger partial charge < -0.3 is 14.4 Å². The van der Waals surface area contributed by atoms with E-state index in [1.807, 2.05) is 0 Å². The molecule has 2 saturated heterocycles. The summed E-state index contributed by atoms with van der Waals surface area (Å²) < 4.78 is 11.9. The largest absolute Gasteiger partial charge is 0.379 e. The molecule has 0 bridgehead atoms. The van der Waals surface area contributed by atoms with E-state index < -0.39 is 0 Å². The van der Waals surface area contributed by atoms with E-state index in [1.54, 1.807) is 7.11 Å². The number of nitrogens with zero attached hydrogens (tertiary/aromatic N) is 2. The Balaban J connectivity index is 1.72. The minimum Gasteiger partial charge on any atom is -0.379 e. The van der Waals surface area contributed by atoms with E-state index in [1.165, 1.54) is 11.3 Å². The van der Waals surface area contributed by atoms with E-state index in [-0.39, 0.29) is 0 Å². The van der Waals surface area contributed by atoms with Crippen molar-refractivity contribution in [2.75, 3.05) is 51.4 Å². The molecule has 4 nitrogen and oxygen atoms in total. The normalized spacial score (nSPS) is 21.0. The van der Waals surface area contributed by atoms with Crippen molar-refractivity contribution in [1.82, 2.24) is 4.90 Å². The maximum Gasteiger partial charge on any atom is 0.0825 e. The number of hydrogen-bond donors (Lipinski definition) is 0. The summed E-state index contributed by atoms with van der Waals surface area (Å²) in [5, 5.41) is 0. The van der Waals surface area contributed by atoms with Crippen molar-refractivity contribution in [3.05, 3.63) is 28.2 Å². The Hall–Kier alpha value is -0.620. The summed E-state index contributed by atoms with van der Waals surface area (Å²) in [5.74, 6) is 0. The van der Waals surface area contributed by atoms with E-state index in [2.05, 4.69) is 43.9 Å². The van der Waals surface area contributed by atoms with Crippen LogP contribution in [-0.4, -0.2) is 57.5 Å². The van der Waals surface area contributed by atoms with E-state index in [4.69, 9.17) is 9.47 Å². The smallest absolute Gasteiger partial charge is 0.0825 e. The predicted molar refractivity (Wildman–Crippen MR) is 83.2 cm³/mol. The van der Waals surface area contributed by atoms with Crippen molar-refractivity contribution in [2.24, 2.45) is 0 Å². The monoisotopic (exact) mass is 340 g/mol. The van der Waals surface area contributed by atoms with Crippen LogP contribution in [0.1, 0.15) is 5.56 Å². The number of benzene rings is 1. The highest BCUT2D eigenvalue weighted by molar-refractivity contribution is 9.10. The molecule has 2 aliphatic heterocycles. The number of rotatable bonds is 4. The fraction of sp³-hybridized carbons (Fsp3) is 0.600. The summed E-state index contributed by atoms with van der Waals surface area (Å²) >= 11 is 3.59. The molecule has 0 atom stereocenters. The summed E-state index contributed by atoms with van der Waals surface area (Å²) in [6.45, 7) is 6.67. The minimum atomic E-state index is 0.411. The molecular formula is C15H21BrN2O2. The van der Waals surface area contributed by atoms with Crippen molar-refractivity contribution in [3.63, 3.8) is 0 Å². The maximum atomic E-state index is 5.45. The lowest BCUT2D eigenvalue weighted by atomic mass is 10.1. The molecule has 0 unspecified atom stereocenters. The van der Waals surface area contributed by atoms with Gasteiger partial charge in [0, 0.05) is 50.0 Å². The number of hydrogen-bond acceptors (Lipinski definition) is 4. The molecule has 0 aliphatic carbocycles. The molecule has 20 heavy (non-hydrogen) atoms. The number of anilines is 1. The minimum absolute atomic E-state index is 0.411. The molecule has 1 aromatic rings. The lowest BCUT2D eigenvalue weighted by Crippen LogP contribution is -2.51. The molecule has 110 valence electrons. The Kier molecular flexibility index (Phi) is 4.61. The lowest BCUT2D eigenvalue weighted by Gasteiger charge is -2.39. The molecule has 1 aromatic carbocycles. The molecule has 2 fully saturated rings. The van der Waals surface area contributed by atoms with Crippen molar-refractivity contribution >= 4 is 21.6 Å². The van der Waals surface area contributed by atoms with Crippen molar-refractivity contribution in [2.45, 2.75) is 12.6 Å². The topological polar surface area (TPSA) is 24.9 Å². The first-order valence-electron chi connectivity index (χ1n) is 7.12. The van der Waals surface area contributed by atoms with Crippen LogP contribution in [0.5, 0.6) is 0 Å². The van der Waals surface area contributed by atoms with Crippen LogP contribution in [0.4, 0.5) is 5.69 Å². The average molecular weight is 341 g/mol. The molecule has 2 heterocycles. The summed E-state index contributed by atoms with van der Waals surface area (Å²) in [4.78, 5) is 4.86. The summed E-state index contributed by atoms with van der Waals surface area (Å²) in [7, 11) is 1.79. The number of methoxy groups -OCH3 is 1. The van der Waals surface area contributed by atoms with Gasteiger partial charge in [-0.25, -0.2) is 0 Å². The highest BCUT2D eigenvalue weighted by Crippen LogP contribution is 2.28. The Morgan fingerprint density at radius 2 is 2.05 bits per heavy atom. The fourth-order valence-electron chi connectivity index (χ4n) is 2.84. The molecule has 0 amide bonds. The van der Waals surface area contributed by atoms with Gasteiger partial charge in [0.25, 0.3) is 0 Å². The van der Waals surface area contributed by atoms with Crippen LogP contribution in [0, 0.1) is 0 Å². The zero-order valence-electron chi connectivity index (χ0n) is 11.8. The third-order valence-electron chi connectivity index (χ3n) is 4.04. The highest BCUT2D eigenvalue weighted by Gasteiger charge is 2.27.